The molecule has 518 valence electrons. The molecule has 0 aliphatic heterocycles. The Bertz CT molecular complexity index is 4000. The Morgan fingerprint density at radius 3 is 0.865 bits per heavy atom. The lowest BCUT2D eigenvalue weighted by atomic mass is 9.92. The third kappa shape index (κ3) is 11.5. The second-order valence-electron chi connectivity index (χ2n) is 21.4. The van der Waals surface area contributed by atoms with Crippen LogP contribution in [0.1, 0.15) is 107 Å². The highest BCUT2D eigenvalue weighted by atomic mass is 31.1. The first-order chi connectivity index (χ1) is 44.3. The van der Waals surface area contributed by atoms with Crippen LogP contribution in [0.4, 0.5) is 158 Å². The van der Waals surface area contributed by atoms with Gasteiger partial charge in [0.2, 0.25) is 18.9 Å². The van der Waals surface area contributed by atoms with Crippen LogP contribution < -0.4 is 0 Å². The fourth-order valence-electron chi connectivity index (χ4n) is 12.5. The van der Waals surface area contributed by atoms with Crippen molar-refractivity contribution >= 4 is 45.0 Å². The van der Waals surface area contributed by atoms with Crippen molar-refractivity contribution in [1.82, 2.24) is 0 Å². The Kier molecular flexibility index (Phi) is 20.3. The number of benzene rings is 6. The van der Waals surface area contributed by atoms with Crippen molar-refractivity contribution in [3.8, 4) is 11.1 Å². The number of unbranched alkanes of at least 4 members (excludes halogenated alkanes) is 3. The Hall–Kier alpha value is -7.28. The molecule has 10 rings (SSSR count). The SMILES string of the molecule is CCCCCC[PH2+]C(F)(F)C(F)(F)F.Cc1c(F)c(F)c(F)c(C(F)(F)F)c1-c1c(F)c(F)c(F)c(F)c1F.FC1=C(F)[CH]([Al-]([CH]2C(F)=C(F)c3c2cc(F)c(F)c3F)([CH]2C(F)=C(F)c3c2cc(F)c(F)c3F)[CH]2C(F)=C(F)c3c2cc(F)c(F)c3F)c2cc(F)c(F)c(F)c21. The average Bonchev–Trinajstić information content (AvgIpc) is 1.49. The summed E-state index contributed by atoms with van der Waals surface area (Å²) in [6.45, 7) is 2.32. The van der Waals surface area contributed by atoms with Crippen LogP contribution >= 0.6 is 8.58 Å². The van der Waals surface area contributed by atoms with Gasteiger partial charge >= 0.3 is 18.0 Å². The summed E-state index contributed by atoms with van der Waals surface area (Å²) in [4.78, 5) is 0. The first-order valence-electron chi connectivity index (χ1n) is 26.4. The van der Waals surface area contributed by atoms with Gasteiger partial charge in [-0.15, -0.1) is 0 Å². The minimum Gasteiger partial charge on any atom is -0.212 e. The molecular weight excluding hydrogens is 1440 g/mol. The van der Waals surface area contributed by atoms with E-state index in [0.717, 1.165) is 19.3 Å². The topological polar surface area (TPSA) is 0 Å². The molecule has 0 fully saturated rings. The Labute approximate surface area is 515 Å². The van der Waals surface area contributed by atoms with Gasteiger partial charge in [-0.05, 0) is 49.6 Å². The maximum atomic E-state index is 17.0. The van der Waals surface area contributed by atoms with Gasteiger partial charge in [-0.2, -0.15) is 35.1 Å². The molecule has 96 heavy (non-hydrogen) atoms. The molecule has 0 spiro atoms. The van der Waals surface area contributed by atoms with Crippen molar-refractivity contribution in [1.29, 1.82) is 0 Å². The second kappa shape index (κ2) is 26.2. The molecule has 0 saturated heterocycles. The molecule has 0 N–H and O–H groups in total. The zero-order chi connectivity index (χ0) is 72.5. The van der Waals surface area contributed by atoms with Crippen molar-refractivity contribution in [2.45, 2.75) is 76.7 Å². The molecule has 4 aliphatic rings. The summed E-state index contributed by atoms with van der Waals surface area (Å²) in [5, 5.41) is 0. The van der Waals surface area contributed by atoms with Crippen LogP contribution in [0.3, 0.4) is 0 Å². The predicted octanol–water partition coefficient (Wildman–Crippen LogP) is 22.8. The van der Waals surface area contributed by atoms with Crippen LogP contribution in [0.2, 0.25) is 0 Å². The monoisotopic (exact) mass is 1460 g/mol. The van der Waals surface area contributed by atoms with E-state index in [1.54, 1.807) is 0 Å². The van der Waals surface area contributed by atoms with Crippen LogP contribution in [-0.4, -0.2) is 31.1 Å². The molecule has 0 radical (unpaired) electrons. The Morgan fingerprint density at radius 1 is 0.323 bits per heavy atom. The first kappa shape index (κ1) is 74.5. The van der Waals surface area contributed by atoms with Gasteiger partial charge in [0, 0.05) is 5.56 Å². The quantitative estimate of drug-likeness (QED) is 0.0303. The average molecular weight is 1460 g/mol. The number of hydrogen-bond donors (Lipinski definition) is 0. The highest BCUT2D eigenvalue weighted by molar-refractivity contribution is 7.39. The second-order valence-corrected chi connectivity index (χ2v) is 28.1. The number of rotatable bonds is 11. The molecule has 0 heterocycles. The molecule has 0 bridgehead atoms. The van der Waals surface area contributed by atoms with E-state index in [1.807, 2.05) is 6.92 Å². The predicted molar refractivity (Wildman–Crippen MR) is 270 cm³/mol. The van der Waals surface area contributed by atoms with Crippen molar-refractivity contribution in [2.75, 3.05) is 6.16 Å². The van der Waals surface area contributed by atoms with Crippen LogP contribution in [0, 0.1) is 123 Å². The molecule has 5 atom stereocenters. The molecule has 0 saturated carbocycles. The Morgan fingerprint density at radius 2 is 0.594 bits per heavy atom. The number of hydrogen-bond acceptors (Lipinski definition) is 0. The van der Waals surface area contributed by atoms with Gasteiger partial charge in [0.05, 0.1) is 42.6 Å². The highest BCUT2D eigenvalue weighted by Gasteiger charge is 2.68. The van der Waals surface area contributed by atoms with E-state index in [9.17, 15) is 87.8 Å². The number of alkyl halides is 8. The number of halogens is 36. The van der Waals surface area contributed by atoms with Gasteiger partial charge < -0.3 is 0 Å². The fraction of sp³-hybridized carbons (Fsp3) is 0.241. The summed E-state index contributed by atoms with van der Waals surface area (Å²) in [7, 11) is -1.84. The summed E-state index contributed by atoms with van der Waals surface area (Å²) < 4.78 is 504. The largest absolute Gasteiger partial charge is 0.493 e. The summed E-state index contributed by atoms with van der Waals surface area (Å²) in [5.41, 5.74) is -28.1. The molecular formula is C58H26AlF36P. The molecule has 0 amide bonds. The normalized spacial score (nSPS) is 18.4. The van der Waals surface area contributed by atoms with Gasteiger partial charge in [-0.3, -0.25) is 0 Å². The van der Waals surface area contributed by atoms with Gasteiger partial charge in [0.15, 0.2) is 134 Å². The first-order valence-corrected chi connectivity index (χ1v) is 30.5. The third-order valence-corrected chi connectivity index (χ3v) is 25.1. The molecule has 6 aromatic carbocycles. The van der Waals surface area contributed by atoms with Gasteiger partial charge in [-0.25, -0.2) is 123 Å². The van der Waals surface area contributed by atoms with E-state index >= 15 is 70.2 Å². The molecule has 4 aliphatic carbocycles. The standard InChI is InChI=1S/C14H3F11.4C9H2F5.C8H14F5P.Al/c1-2-3(4-7(16)11(20)13(22)12(21)8(4)17)5(14(23,24)25)9(18)10(19)6(2)15;4*10-4-1-3-2-5(11)8(13)9(14)6(3)7(4)12;1-2-3-4-5-6-14-8(12,13)7(9,10)11;/h1H3;4*1-2H;14H,2-6H2,1H3;/q;;;;;;-1/p+1. The van der Waals surface area contributed by atoms with E-state index in [-0.39, 0.29) is 30.4 Å². The molecule has 5 unspecified atom stereocenters. The van der Waals surface area contributed by atoms with Gasteiger partial charge in [0.25, 0.3) is 0 Å². The van der Waals surface area contributed by atoms with Gasteiger partial charge in [0.1, 0.15) is 28.9 Å². The maximum Gasteiger partial charge on any atom is 0.493 e. The number of fused-ring (bicyclic) bond motifs is 4. The van der Waals surface area contributed by atoms with Crippen molar-refractivity contribution < 1.29 is 158 Å². The summed E-state index contributed by atoms with van der Waals surface area (Å²) >= 11 is -7.79. The lowest BCUT2D eigenvalue weighted by Gasteiger charge is -2.54. The van der Waals surface area contributed by atoms with Crippen LogP contribution in [-0.2, 0) is 6.18 Å². The van der Waals surface area contributed by atoms with E-state index in [1.165, 1.54) is 0 Å². The molecule has 38 heteroatoms. The van der Waals surface area contributed by atoms with E-state index < -0.39 is 289 Å². The van der Waals surface area contributed by atoms with Crippen LogP contribution in [0.5, 0.6) is 0 Å². The van der Waals surface area contributed by atoms with Crippen molar-refractivity contribution in [3.63, 3.8) is 0 Å². The smallest absolute Gasteiger partial charge is 0.212 e. The molecule has 0 aromatic heterocycles. The third-order valence-electron chi connectivity index (χ3n) is 16.4. The van der Waals surface area contributed by atoms with E-state index in [2.05, 4.69) is 0 Å². The summed E-state index contributed by atoms with van der Waals surface area (Å²) in [5.74, 6) is -73.9. The highest BCUT2D eigenvalue weighted by Crippen LogP contribution is 2.71. The van der Waals surface area contributed by atoms with Crippen LogP contribution in [0.25, 0.3) is 34.4 Å². The summed E-state index contributed by atoms with van der Waals surface area (Å²) in [6, 6.07) is -1.40. The molecule has 6 aromatic rings. The van der Waals surface area contributed by atoms with Crippen molar-refractivity contribution in [3.05, 3.63) is 220 Å². The van der Waals surface area contributed by atoms with E-state index in [0.29, 0.717) is 13.3 Å². The minimum absolute atomic E-state index is 0.0203. The lowest BCUT2D eigenvalue weighted by molar-refractivity contribution is -0.239. The van der Waals surface area contributed by atoms with Gasteiger partial charge in [-0.1, -0.05) is 61.1 Å². The Balaban J connectivity index is 0.000000248. The van der Waals surface area contributed by atoms with E-state index in [4.69, 9.17) is 0 Å². The number of allylic oxidation sites excluding steroid dienone is 4. The molecule has 0 nitrogen and oxygen atoms in total. The van der Waals surface area contributed by atoms with Crippen molar-refractivity contribution in [2.24, 2.45) is 0 Å². The zero-order valence-electron chi connectivity index (χ0n) is 46.4. The fourth-order valence-corrected chi connectivity index (χ4v) is 22.0. The minimum atomic E-state index is -7.79. The zero-order valence-corrected chi connectivity index (χ0v) is 48.7. The maximum absolute atomic E-state index is 17.0. The lowest BCUT2D eigenvalue weighted by Crippen LogP contribution is -2.58. The van der Waals surface area contributed by atoms with Crippen LogP contribution in [0.15, 0.2) is 47.6 Å². The summed E-state index contributed by atoms with van der Waals surface area (Å²) in [6.07, 6.45) is -8.09.